The smallest absolute Gasteiger partial charge is 0.271 e. The summed E-state index contributed by atoms with van der Waals surface area (Å²) >= 11 is 1.49. The molecule has 0 spiro atoms. The number of hydrogen-bond acceptors (Lipinski definition) is 8. The minimum Gasteiger partial charge on any atom is -0.497 e. The topological polar surface area (TPSA) is 99.2 Å². The van der Waals surface area contributed by atoms with E-state index in [0.29, 0.717) is 41.6 Å². The number of thiazole rings is 1. The van der Waals surface area contributed by atoms with Crippen LogP contribution in [-0.2, 0) is 0 Å². The first-order chi connectivity index (χ1) is 18.4. The van der Waals surface area contributed by atoms with Crippen molar-refractivity contribution in [1.29, 1.82) is 0 Å². The van der Waals surface area contributed by atoms with E-state index in [0.717, 1.165) is 29.2 Å². The molecule has 0 aliphatic carbocycles. The number of nitrogens with one attached hydrogen (secondary N) is 1. The highest BCUT2D eigenvalue weighted by atomic mass is 32.1. The number of likely N-dealkylation sites (tertiary alicyclic amines) is 1. The van der Waals surface area contributed by atoms with Gasteiger partial charge in [-0.2, -0.15) is 0 Å². The van der Waals surface area contributed by atoms with Gasteiger partial charge in [0.2, 0.25) is 5.75 Å². The first-order valence-corrected chi connectivity index (χ1v) is 13.3. The van der Waals surface area contributed by atoms with E-state index < -0.39 is 0 Å². The molecule has 3 aromatic rings. The molecule has 1 unspecified atom stereocenters. The van der Waals surface area contributed by atoms with Gasteiger partial charge in [0.1, 0.15) is 11.4 Å². The number of carbonyl (C=O) groups excluding carboxylic acids is 2. The van der Waals surface area contributed by atoms with Crippen LogP contribution < -0.4 is 24.3 Å². The molecule has 38 heavy (non-hydrogen) atoms. The third-order valence-corrected chi connectivity index (χ3v) is 7.77. The molecule has 9 nitrogen and oxygen atoms in total. The average Bonchev–Trinajstić information content (AvgIpc) is 3.46. The molecule has 1 saturated heterocycles. The summed E-state index contributed by atoms with van der Waals surface area (Å²) in [7, 11) is 6.18. The Balaban J connectivity index is 1.38. The van der Waals surface area contributed by atoms with Gasteiger partial charge in [0.25, 0.3) is 11.8 Å². The Morgan fingerprint density at radius 3 is 2.39 bits per heavy atom. The molecule has 1 aromatic heterocycles. The van der Waals surface area contributed by atoms with Gasteiger partial charge in [0.15, 0.2) is 11.5 Å². The Morgan fingerprint density at radius 1 is 1.00 bits per heavy atom. The Kier molecular flexibility index (Phi) is 8.73. The average molecular weight is 540 g/mol. The molecule has 2 amide bonds. The first kappa shape index (κ1) is 27.3. The number of carbonyl (C=O) groups is 2. The molecule has 1 atom stereocenters. The Morgan fingerprint density at radius 2 is 1.74 bits per heavy atom. The third kappa shape index (κ3) is 5.70. The number of aromatic nitrogens is 1. The monoisotopic (exact) mass is 539 g/mol. The van der Waals surface area contributed by atoms with Crippen molar-refractivity contribution in [2.24, 2.45) is 0 Å². The van der Waals surface area contributed by atoms with Crippen LogP contribution in [-0.4, -0.2) is 63.2 Å². The minimum absolute atomic E-state index is 0.119. The van der Waals surface area contributed by atoms with Crippen molar-refractivity contribution in [2.75, 3.05) is 41.5 Å². The number of hydrogen-bond donors (Lipinski definition) is 1. The van der Waals surface area contributed by atoms with Crippen LogP contribution in [0.15, 0.2) is 41.8 Å². The fraction of sp³-hybridized carbons (Fsp3) is 0.393. The lowest BCUT2D eigenvalue weighted by Crippen LogP contribution is -2.38. The summed E-state index contributed by atoms with van der Waals surface area (Å²) in [6.45, 7) is 3.09. The highest BCUT2D eigenvalue weighted by Gasteiger charge is 2.30. The third-order valence-electron chi connectivity index (χ3n) is 6.76. The summed E-state index contributed by atoms with van der Waals surface area (Å²) in [4.78, 5) is 32.6. The number of piperidine rings is 1. The second-order valence-corrected chi connectivity index (χ2v) is 9.88. The molecule has 1 N–H and O–H groups in total. The van der Waals surface area contributed by atoms with Gasteiger partial charge in [-0.1, -0.05) is 12.1 Å². The van der Waals surface area contributed by atoms with Gasteiger partial charge < -0.3 is 29.2 Å². The molecule has 4 rings (SSSR count). The van der Waals surface area contributed by atoms with Crippen LogP contribution in [0.4, 0.5) is 0 Å². The van der Waals surface area contributed by atoms with Gasteiger partial charge in [0, 0.05) is 24.4 Å². The van der Waals surface area contributed by atoms with Crippen molar-refractivity contribution >= 4 is 23.2 Å². The standard InChI is InChI=1S/C28H33N3O6S/c1-17(19-7-6-8-20(15-19)34-2)29-26(32)22-16-38-27(30-22)18-11-13-31(14-12-18)28(33)21-9-10-23(35-3)25(37-5)24(21)36-4/h6-10,15-18H,11-14H2,1-5H3,(H,29,32). The van der Waals surface area contributed by atoms with E-state index in [9.17, 15) is 9.59 Å². The maximum atomic E-state index is 13.3. The first-order valence-electron chi connectivity index (χ1n) is 12.4. The normalized spacial score (nSPS) is 14.5. The van der Waals surface area contributed by atoms with Gasteiger partial charge in [-0.3, -0.25) is 9.59 Å². The zero-order valence-corrected chi connectivity index (χ0v) is 23.1. The zero-order valence-electron chi connectivity index (χ0n) is 22.3. The lowest BCUT2D eigenvalue weighted by atomic mass is 9.96. The fourth-order valence-corrected chi connectivity index (χ4v) is 5.59. The van der Waals surface area contributed by atoms with Crippen molar-refractivity contribution < 1.29 is 28.5 Å². The summed E-state index contributed by atoms with van der Waals surface area (Å²) in [5.41, 5.74) is 1.80. The summed E-state index contributed by atoms with van der Waals surface area (Å²) < 4.78 is 21.5. The van der Waals surface area contributed by atoms with Crippen LogP contribution in [0.25, 0.3) is 0 Å². The molecular formula is C28H33N3O6S. The van der Waals surface area contributed by atoms with E-state index in [1.54, 1.807) is 31.7 Å². The number of ether oxygens (including phenoxy) is 4. The van der Waals surface area contributed by atoms with Crippen LogP contribution in [0.1, 0.15) is 63.1 Å². The van der Waals surface area contributed by atoms with Crippen molar-refractivity contribution in [3.05, 3.63) is 63.6 Å². The molecular weight excluding hydrogens is 506 g/mol. The minimum atomic E-state index is -0.212. The van der Waals surface area contributed by atoms with Crippen molar-refractivity contribution in [3.63, 3.8) is 0 Å². The van der Waals surface area contributed by atoms with E-state index in [1.165, 1.54) is 25.6 Å². The van der Waals surface area contributed by atoms with Crippen LogP contribution in [0.5, 0.6) is 23.0 Å². The molecule has 1 fully saturated rings. The SMILES string of the molecule is COc1cccc(C(C)NC(=O)c2csc(C3CCN(C(=O)c4ccc(OC)c(OC)c4OC)CC3)n2)c1. The number of methoxy groups -OCH3 is 4. The number of rotatable bonds is 9. The van der Waals surface area contributed by atoms with Crippen LogP contribution >= 0.6 is 11.3 Å². The molecule has 202 valence electrons. The molecule has 10 heteroatoms. The Hall–Kier alpha value is -3.79. The van der Waals surface area contributed by atoms with Gasteiger partial charge in [0.05, 0.1) is 45.1 Å². The van der Waals surface area contributed by atoms with Crippen molar-refractivity contribution in [2.45, 2.75) is 31.7 Å². The second-order valence-electron chi connectivity index (χ2n) is 8.99. The predicted molar refractivity (Wildman–Crippen MR) is 145 cm³/mol. The van der Waals surface area contributed by atoms with Gasteiger partial charge in [-0.15, -0.1) is 11.3 Å². The molecule has 0 saturated carbocycles. The maximum Gasteiger partial charge on any atom is 0.271 e. The molecule has 2 aromatic carbocycles. The summed E-state index contributed by atoms with van der Waals surface area (Å²) in [5, 5.41) is 5.73. The zero-order chi connectivity index (χ0) is 27.2. The quantitative estimate of drug-likeness (QED) is 0.421. The number of benzene rings is 2. The van der Waals surface area contributed by atoms with Gasteiger partial charge in [-0.25, -0.2) is 4.98 Å². The van der Waals surface area contributed by atoms with Crippen molar-refractivity contribution in [3.8, 4) is 23.0 Å². The Labute approximate surface area is 226 Å². The van der Waals surface area contributed by atoms with Gasteiger partial charge in [-0.05, 0) is 49.6 Å². The summed E-state index contributed by atoms with van der Waals surface area (Å²) in [6, 6.07) is 10.8. The van der Waals surface area contributed by atoms with Crippen molar-refractivity contribution in [1.82, 2.24) is 15.2 Å². The molecule has 0 radical (unpaired) electrons. The lowest BCUT2D eigenvalue weighted by Gasteiger charge is -2.31. The summed E-state index contributed by atoms with van der Waals surface area (Å²) in [6.07, 6.45) is 1.52. The van der Waals surface area contributed by atoms with E-state index in [2.05, 4.69) is 10.3 Å². The maximum absolute atomic E-state index is 13.3. The van der Waals surface area contributed by atoms with E-state index >= 15 is 0 Å². The molecule has 1 aliphatic heterocycles. The van der Waals surface area contributed by atoms with Crippen LogP contribution in [0.2, 0.25) is 0 Å². The van der Waals surface area contributed by atoms with E-state index in [-0.39, 0.29) is 23.8 Å². The number of nitrogens with zero attached hydrogens (tertiary/aromatic N) is 2. The highest BCUT2D eigenvalue weighted by molar-refractivity contribution is 7.09. The molecule has 0 bridgehead atoms. The van der Waals surface area contributed by atoms with Crippen LogP contribution in [0, 0.1) is 0 Å². The number of amides is 2. The van der Waals surface area contributed by atoms with Gasteiger partial charge >= 0.3 is 0 Å². The summed E-state index contributed by atoms with van der Waals surface area (Å²) in [5.74, 6) is 1.86. The Bertz CT molecular complexity index is 1290. The van der Waals surface area contributed by atoms with Crippen LogP contribution in [0.3, 0.4) is 0 Å². The highest BCUT2D eigenvalue weighted by Crippen LogP contribution is 2.41. The van der Waals surface area contributed by atoms with E-state index in [1.807, 2.05) is 36.1 Å². The predicted octanol–water partition coefficient (Wildman–Crippen LogP) is 4.69. The molecule has 1 aliphatic rings. The van der Waals surface area contributed by atoms with E-state index in [4.69, 9.17) is 18.9 Å². The second kappa shape index (κ2) is 12.2. The molecule has 2 heterocycles. The largest absolute Gasteiger partial charge is 0.497 e. The fourth-order valence-electron chi connectivity index (χ4n) is 4.61. The lowest BCUT2D eigenvalue weighted by molar-refractivity contribution is 0.0708.